The van der Waals surface area contributed by atoms with Crippen molar-refractivity contribution in [3.63, 3.8) is 0 Å². The van der Waals surface area contributed by atoms with Gasteiger partial charge < -0.3 is 14.8 Å². The highest BCUT2D eigenvalue weighted by Gasteiger charge is 2.25. The Balaban J connectivity index is 2.33. The van der Waals surface area contributed by atoms with Crippen LogP contribution in [0.4, 0.5) is 0 Å². The predicted molar refractivity (Wildman–Crippen MR) is 74.3 cm³/mol. The Morgan fingerprint density at radius 3 is 2.53 bits per heavy atom. The first-order valence-electron chi connectivity index (χ1n) is 6.67. The quantitative estimate of drug-likeness (QED) is 0.847. The number of methoxy groups -OCH3 is 2. The Bertz CT molecular complexity index is 465. The first-order chi connectivity index (χ1) is 9.17. The van der Waals surface area contributed by atoms with Gasteiger partial charge in [-0.25, -0.2) is 0 Å². The summed E-state index contributed by atoms with van der Waals surface area (Å²) in [5.74, 6) is 1.44. The van der Waals surface area contributed by atoms with Gasteiger partial charge in [0.15, 0.2) is 5.78 Å². The van der Waals surface area contributed by atoms with Crippen LogP contribution >= 0.6 is 0 Å². The number of aryl methyl sites for hydroxylation is 1. The minimum absolute atomic E-state index is 0.0925. The van der Waals surface area contributed by atoms with Crippen LogP contribution in [0.1, 0.15) is 35.2 Å². The fourth-order valence-electron chi connectivity index (χ4n) is 2.51. The van der Waals surface area contributed by atoms with E-state index in [2.05, 4.69) is 5.32 Å². The third kappa shape index (κ3) is 2.89. The molecule has 1 heterocycles. The largest absolute Gasteiger partial charge is 0.496 e. The molecule has 0 saturated carbocycles. The van der Waals surface area contributed by atoms with E-state index in [1.807, 2.05) is 13.0 Å². The van der Waals surface area contributed by atoms with Crippen molar-refractivity contribution in [1.82, 2.24) is 5.32 Å². The number of nitrogens with one attached hydrogen (secondary N) is 1. The average Bonchev–Trinajstić information content (AvgIpc) is 2.47. The maximum Gasteiger partial charge on any atom is 0.183 e. The van der Waals surface area contributed by atoms with Gasteiger partial charge in [-0.05, 0) is 44.0 Å². The van der Waals surface area contributed by atoms with Crippen molar-refractivity contribution in [3.8, 4) is 11.5 Å². The van der Waals surface area contributed by atoms with Gasteiger partial charge in [-0.3, -0.25) is 4.79 Å². The van der Waals surface area contributed by atoms with Crippen molar-refractivity contribution in [1.29, 1.82) is 0 Å². The molecule has 0 amide bonds. The molecule has 4 heteroatoms. The molecular formula is C15H21NO3. The van der Waals surface area contributed by atoms with Gasteiger partial charge in [0.1, 0.15) is 11.5 Å². The fourth-order valence-corrected chi connectivity index (χ4v) is 2.51. The molecule has 1 unspecified atom stereocenters. The number of ketones is 1. The van der Waals surface area contributed by atoms with Crippen molar-refractivity contribution in [2.75, 3.05) is 20.8 Å². The minimum Gasteiger partial charge on any atom is -0.496 e. The summed E-state index contributed by atoms with van der Waals surface area (Å²) in [6.45, 7) is 2.84. The number of carbonyl (C=O) groups excluding carboxylic acids is 1. The van der Waals surface area contributed by atoms with E-state index in [9.17, 15) is 4.79 Å². The SMILES string of the molecule is COc1cc(C(=O)C2CCCCN2)c(OC)cc1C. The summed E-state index contributed by atoms with van der Waals surface area (Å²) in [6, 6.07) is 3.54. The van der Waals surface area contributed by atoms with E-state index in [0.29, 0.717) is 11.3 Å². The molecule has 19 heavy (non-hydrogen) atoms. The number of benzene rings is 1. The lowest BCUT2D eigenvalue weighted by molar-refractivity contribution is 0.0923. The van der Waals surface area contributed by atoms with Crippen LogP contribution in [0.15, 0.2) is 12.1 Å². The van der Waals surface area contributed by atoms with E-state index in [4.69, 9.17) is 9.47 Å². The van der Waals surface area contributed by atoms with E-state index in [-0.39, 0.29) is 11.8 Å². The van der Waals surface area contributed by atoms with Crippen LogP contribution in [0, 0.1) is 6.92 Å². The summed E-state index contributed by atoms with van der Waals surface area (Å²) in [5.41, 5.74) is 1.57. The molecule has 4 nitrogen and oxygen atoms in total. The molecule has 0 radical (unpaired) electrons. The molecule has 0 aromatic heterocycles. The highest BCUT2D eigenvalue weighted by atomic mass is 16.5. The standard InChI is InChI=1S/C15H21NO3/c1-10-8-14(19-3)11(9-13(10)18-2)15(17)12-6-4-5-7-16-12/h8-9,12,16H,4-7H2,1-3H3. The molecule has 0 aliphatic carbocycles. The highest BCUT2D eigenvalue weighted by Crippen LogP contribution is 2.30. The van der Waals surface area contributed by atoms with E-state index >= 15 is 0 Å². The summed E-state index contributed by atoms with van der Waals surface area (Å²) in [4.78, 5) is 12.6. The van der Waals surface area contributed by atoms with Crippen LogP contribution in [0.2, 0.25) is 0 Å². The molecule has 1 N–H and O–H groups in total. The maximum atomic E-state index is 12.6. The van der Waals surface area contributed by atoms with E-state index in [1.54, 1.807) is 20.3 Å². The zero-order valence-corrected chi connectivity index (χ0v) is 11.8. The Morgan fingerprint density at radius 2 is 1.95 bits per heavy atom. The monoisotopic (exact) mass is 263 g/mol. The van der Waals surface area contributed by atoms with Crippen molar-refractivity contribution in [2.24, 2.45) is 0 Å². The van der Waals surface area contributed by atoms with Crippen LogP contribution in [-0.4, -0.2) is 32.6 Å². The number of piperidine rings is 1. The second-order valence-electron chi connectivity index (χ2n) is 4.89. The molecule has 1 aliphatic heterocycles. The molecule has 1 saturated heterocycles. The molecule has 1 atom stereocenters. The maximum absolute atomic E-state index is 12.6. The zero-order chi connectivity index (χ0) is 13.8. The van der Waals surface area contributed by atoms with E-state index in [1.165, 1.54) is 0 Å². The molecular weight excluding hydrogens is 242 g/mol. The lowest BCUT2D eigenvalue weighted by Crippen LogP contribution is -2.40. The van der Waals surface area contributed by atoms with Crippen LogP contribution in [0.5, 0.6) is 11.5 Å². The normalized spacial score (nSPS) is 19.0. The zero-order valence-electron chi connectivity index (χ0n) is 11.8. The van der Waals surface area contributed by atoms with Gasteiger partial charge >= 0.3 is 0 Å². The van der Waals surface area contributed by atoms with Gasteiger partial charge in [-0.2, -0.15) is 0 Å². The summed E-state index contributed by atoms with van der Waals surface area (Å²) in [5, 5.41) is 3.27. The van der Waals surface area contributed by atoms with Gasteiger partial charge in [-0.1, -0.05) is 6.42 Å². The molecule has 1 aliphatic rings. The molecule has 0 bridgehead atoms. The third-order valence-corrected chi connectivity index (χ3v) is 3.61. The van der Waals surface area contributed by atoms with Crippen LogP contribution in [0.3, 0.4) is 0 Å². The second kappa shape index (κ2) is 6.06. The molecule has 2 rings (SSSR count). The third-order valence-electron chi connectivity index (χ3n) is 3.61. The van der Waals surface area contributed by atoms with Crippen molar-refractivity contribution in [3.05, 3.63) is 23.3 Å². The number of hydrogen-bond acceptors (Lipinski definition) is 4. The Kier molecular flexibility index (Phi) is 4.43. The number of rotatable bonds is 4. The van der Waals surface area contributed by atoms with Gasteiger partial charge in [0.25, 0.3) is 0 Å². The van der Waals surface area contributed by atoms with Crippen molar-refractivity contribution in [2.45, 2.75) is 32.2 Å². The Labute approximate surface area is 114 Å². The topological polar surface area (TPSA) is 47.6 Å². The summed E-state index contributed by atoms with van der Waals surface area (Å²) < 4.78 is 10.6. The van der Waals surface area contributed by atoms with Crippen molar-refractivity contribution >= 4 is 5.78 Å². The smallest absolute Gasteiger partial charge is 0.183 e. The van der Waals surface area contributed by atoms with Crippen LogP contribution in [0.25, 0.3) is 0 Å². The average molecular weight is 263 g/mol. The van der Waals surface area contributed by atoms with Crippen molar-refractivity contribution < 1.29 is 14.3 Å². The lowest BCUT2D eigenvalue weighted by Gasteiger charge is -2.23. The summed E-state index contributed by atoms with van der Waals surface area (Å²) in [6.07, 6.45) is 3.12. The number of ether oxygens (including phenoxy) is 2. The fraction of sp³-hybridized carbons (Fsp3) is 0.533. The second-order valence-corrected chi connectivity index (χ2v) is 4.89. The molecule has 1 aromatic rings. The number of hydrogen-bond donors (Lipinski definition) is 1. The minimum atomic E-state index is -0.102. The van der Waals surface area contributed by atoms with Crippen LogP contribution < -0.4 is 14.8 Å². The molecule has 0 spiro atoms. The Hall–Kier alpha value is -1.55. The molecule has 1 fully saturated rings. The van der Waals surface area contributed by atoms with Crippen LogP contribution in [-0.2, 0) is 0 Å². The van der Waals surface area contributed by atoms with Gasteiger partial charge in [0.05, 0.1) is 25.8 Å². The number of Topliss-reactive ketones (excluding diaryl/α,β-unsaturated/α-hetero) is 1. The van der Waals surface area contributed by atoms with E-state index in [0.717, 1.165) is 37.1 Å². The lowest BCUT2D eigenvalue weighted by atomic mass is 9.95. The van der Waals surface area contributed by atoms with Gasteiger partial charge in [0.2, 0.25) is 0 Å². The van der Waals surface area contributed by atoms with Gasteiger partial charge in [-0.15, -0.1) is 0 Å². The predicted octanol–water partition coefficient (Wildman–Crippen LogP) is 2.34. The van der Waals surface area contributed by atoms with E-state index < -0.39 is 0 Å². The highest BCUT2D eigenvalue weighted by molar-refractivity contribution is 6.03. The van der Waals surface area contributed by atoms with Gasteiger partial charge in [0, 0.05) is 0 Å². The summed E-state index contributed by atoms with van der Waals surface area (Å²) in [7, 11) is 3.20. The summed E-state index contributed by atoms with van der Waals surface area (Å²) >= 11 is 0. The molecule has 104 valence electrons. The Morgan fingerprint density at radius 1 is 1.21 bits per heavy atom. The molecule has 1 aromatic carbocycles. The first kappa shape index (κ1) is 13.9. The first-order valence-corrected chi connectivity index (χ1v) is 6.67. The number of carbonyl (C=O) groups is 1.